The highest BCUT2D eigenvalue weighted by molar-refractivity contribution is 6.91. The molecule has 2 aliphatic heterocycles. The average molecular weight is 596 g/mol. The zero-order chi connectivity index (χ0) is 30.5. The van der Waals surface area contributed by atoms with Crippen molar-refractivity contribution in [2.24, 2.45) is 5.92 Å². The molecule has 0 bridgehead atoms. The van der Waals surface area contributed by atoms with Crippen molar-refractivity contribution in [1.29, 1.82) is 0 Å². The van der Waals surface area contributed by atoms with Crippen LogP contribution >= 0.6 is 0 Å². The van der Waals surface area contributed by atoms with Gasteiger partial charge in [0.1, 0.15) is 5.75 Å². The van der Waals surface area contributed by atoms with E-state index in [1.807, 2.05) is 48.5 Å². The second kappa shape index (κ2) is 10.9. The van der Waals surface area contributed by atoms with Gasteiger partial charge < -0.3 is 19.5 Å². The largest absolute Gasteiger partial charge is 0.497 e. The number of rotatable bonds is 8. The van der Waals surface area contributed by atoms with Crippen LogP contribution in [0.4, 0.5) is 5.69 Å². The Hall–Kier alpha value is -4.05. The molecular formula is C34H37N3O5Si. The zero-order valence-corrected chi connectivity index (χ0v) is 26.0. The average Bonchev–Trinajstić information content (AvgIpc) is 3.44. The molecular weight excluding hydrogens is 558 g/mol. The van der Waals surface area contributed by atoms with E-state index < -0.39 is 13.7 Å². The lowest BCUT2D eigenvalue weighted by molar-refractivity contribution is -0.146. The van der Waals surface area contributed by atoms with Crippen molar-refractivity contribution in [3.8, 4) is 11.4 Å². The van der Waals surface area contributed by atoms with Gasteiger partial charge in [0.2, 0.25) is 0 Å². The van der Waals surface area contributed by atoms with Gasteiger partial charge in [-0.05, 0) is 48.4 Å². The first-order valence-electron chi connectivity index (χ1n) is 14.7. The van der Waals surface area contributed by atoms with Crippen LogP contribution in [0.1, 0.15) is 18.9 Å². The number of carbonyl (C=O) groups is 1. The maximum absolute atomic E-state index is 14.5. The third-order valence-electron chi connectivity index (χ3n) is 9.48. The lowest BCUT2D eigenvalue weighted by Crippen LogP contribution is -2.51. The zero-order valence-electron chi connectivity index (χ0n) is 25.0. The maximum Gasteiger partial charge on any atom is 0.279 e. The molecule has 0 aliphatic carbocycles. The smallest absolute Gasteiger partial charge is 0.279 e. The van der Waals surface area contributed by atoms with E-state index in [1.54, 1.807) is 30.3 Å². The highest BCUT2D eigenvalue weighted by Gasteiger charge is 2.66. The van der Waals surface area contributed by atoms with Gasteiger partial charge in [-0.25, -0.2) is 0 Å². The second-order valence-electron chi connectivity index (χ2n) is 12.0. The second-order valence-corrected chi connectivity index (χ2v) is 16.7. The van der Waals surface area contributed by atoms with Gasteiger partial charge in [0, 0.05) is 30.0 Å². The molecule has 43 heavy (non-hydrogen) atoms. The number of aliphatic hydroxyl groups excluding tert-OH is 1. The number of anilines is 1. The Bertz CT molecular complexity index is 1770. The summed E-state index contributed by atoms with van der Waals surface area (Å²) in [5.41, 5.74) is 0.517. The van der Waals surface area contributed by atoms with Gasteiger partial charge in [0.15, 0.2) is 5.60 Å². The summed E-state index contributed by atoms with van der Waals surface area (Å²) in [4.78, 5) is 29.8. The van der Waals surface area contributed by atoms with E-state index in [1.165, 1.54) is 9.87 Å². The molecule has 1 N–H and O–H groups in total. The number of ether oxygens (including phenoxy) is 2. The van der Waals surface area contributed by atoms with Crippen LogP contribution < -0.4 is 20.4 Å². The Morgan fingerprint density at radius 1 is 1.12 bits per heavy atom. The lowest BCUT2D eigenvalue weighted by atomic mass is 9.82. The van der Waals surface area contributed by atoms with Gasteiger partial charge in [0.25, 0.3) is 11.5 Å². The first-order chi connectivity index (χ1) is 20.7. The number of nitrogens with zero attached hydrogens (tertiary/aromatic N) is 3. The van der Waals surface area contributed by atoms with Crippen LogP contribution in [0.2, 0.25) is 18.6 Å². The summed E-state index contributed by atoms with van der Waals surface area (Å²) in [6.45, 7) is 10.9. The number of carbonyl (C=O) groups excluding carboxylic acids is 1. The van der Waals surface area contributed by atoms with Gasteiger partial charge in [0.05, 0.1) is 44.2 Å². The van der Waals surface area contributed by atoms with Crippen molar-refractivity contribution in [3.05, 3.63) is 101 Å². The molecule has 1 aromatic heterocycles. The molecule has 3 heterocycles. The number of methoxy groups -OCH3 is 1. The third kappa shape index (κ3) is 4.37. The van der Waals surface area contributed by atoms with Crippen LogP contribution in [0, 0.1) is 5.92 Å². The van der Waals surface area contributed by atoms with E-state index in [-0.39, 0.29) is 35.6 Å². The number of aliphatic hydroxyl groups is 1. The standard InChI is InChI=1S/C34H37N3O5Si/c1-6-18-36-29-16-11-24(37-32(39)27-10-8-7-9-23(27)21-35-37)20-28(29)34(33(36)40)22(2)31(30(42-34)17-19-38)43(4,5)26-14-12-25(41-3)13-15-26/h6-16,20-22,30-31,38H,1,17-19H2,2-5H3/t22-,30+,31-,34+/m0/s1. The minimum atomic E-state index is -2.30. The monoisotopic (exact) mass is 595 g/mol. The number of hydrogen-bond donors (Lipinski definition) is 1. The molecule has 0 saturated carbocycles. The predicted octanol–water partition coefficient (Wildman–Crippen LogP) is 4.53. The van der Waals surface area contributed by atoms with Gasteiger partial charge in [-0.2, -0.15) is 9.78 Å². The number of amides is 1. The molecule has 3 aromatic carbocycles. The molecule has 1 saturated heterocycles. The van der Waals surface area contributed by atoms with Crippen molar-refractivity contribution < 1.29 is 19.4 Å². The minimum Gasteiger partial charge on any atom is -0.497 e. The molecule has 0 unspecified atom stereocenters. The van der Waals surface area contributed by atoms with E-state index in [0.29, 0.717) is 24.0 Å². The molecule has 9 heteroatoms. The summed E-state index contributed by atoms with van der Waals surface area (Å²) in [5, 5.41) is 17.2. The van der Waals surface area contributed by atoms with Crippen LogP contribution in [-0.2, 0) is 15.1 Å². The number of aromatic nitrogens is 2. The molecule has 6 rings (SSSR count). The quantitative estimate of drug-likeness (QED) is 0.238. The van der Waals surface area contributed by atoms with Gasteiger partial charge in [-0.15, -0.1) is 6.58 Å². The first-order valence-corrected chi connectivity index (χ1v) is 17.7. The molecule has 0 radical (unpaired) electrons. The van der Waals surface area contributed by atoms with Crippen LogP contribution in [0.5, 0.6) is 5.75 Å². The summed E-state index contributed by atoms with van der Waals surface area (Å²) >= 11 is 0. The van der Waals surface area contributed by atoms with Crippen LogP contribution in [-0.4, -0.2) is 55.2 Å². The first kappa shape index (κ1) is 29.0. The van der Waals surface area contributed by atoms with E-state index in [0.717, 1.165) is 22.4 Å². The highest BCUT2D eigenvalue weighted by atomic mass is 28.3. The Morgan fingerprint density at radius 2 is 1.86 bits per heavy atom. The fourth-order valence-corrected chi connectivity index (χ4v) is 11.5. The molecule has 1 amide bonds. The van der Waals surface area contributed by atoms with Gasteiger partial charge in [-0.1, -0.05) is 61.6 Å². The number of hydrogen-bond acceptors (Lipinski definition) is 6. The molecule has 4 aromatic rings. The molecule has 2 aliphatic rings. The van der Waals surface area contributed by atoms with Crippen molar-refractivity contribution >= 4 is 35.6 Å². The molecule has 1 spiro atoms. The highest BCUT2D eigenvalue weighted by Crippen LogP contribution is 2.60. The van der Waals surface area contributed by atoms with Gasteiger partial charge in [-0.3, -0.25) is 9.59 Å². The molecule has 222 valence electrons. The van der Waals surface area contributed by atoms with Gasteiger partial charge >= 0.3 is 0 Å². The Balaban J connectivity index is 1.51. The van der Waals surface area contributed by atoms with Crippen LogP contribution in [0.3, 0.4) is 0 Å². The molecule has 4 atom stereocenters. The fourth-order valence-electron chi connectivity index (χ4n) is 7.42. The SMILES string of the molecule is C=CCN1C(=O)[C@]2(O[C@H](CCO)[C@@H]([Si](C)(C)c3ccc(OC)cc3)[C@@H]2C)c2cc(-n3ncc4ccccc4c3=O)ccc21. The van der Waals surface area contributed by atoms with E-state index in [2.05, 4.69) is 43.8 Å². The number of fused-ring (bicyclic) bond motifs is 3. The summed E-state index contributed by atoms with van der Waals surface area (Å²) < 4.78 is 13.7. The normalized spacial score (nSPS) is 23.2. The summed E-state index contributed by atoms with van der Waals surface area (Å²) in [6, 6.07) is 21.1. The van der Waals surface area contributed by atoms with Crippen LogP contribution in [0.25, 0.3) is 16.5 Å². The predicted molar refractivity (Wildman–Crippen MR) is 171 cm³/mol. The summed E-state index contributed by atoms with van der Waals surface area (Å²) in [6.07, 6.45) is 3.47. The fraction of sp³-hybridized carbons (Fsp3) is 0.324. The third-order valence-corrected chi connectivity index (χ3v) is 13.8. The van der Waals surface area contributed by atoms with Crippen LogP contribution in [0.15, 0.2) is 90.4 Å². The Morgan fingerprint density at radius 3 is 2.56 bits per heavy atom. The maximum atomic E-state index is 14.5. The van der Waals surface area contributed by atoms with Crippen molar-refractivity contribution in [2.45, 2.75) is 43.7 Å². The minimum absolute atomic E-state index is 0.0127. The number of benzene rings is 3. The van der Waals surface area contributed by atoms with Crippen molar-refractivity contribution in [3.63, 3.8) is 0 Å². The Labute approximate surface area is 252 Å². The van der Waals surface area contributed by atoms with E-state index >= 15 is 0 Å². The summed E-state index contributed by atoms with van der Waals surface area (Å²) in [7, 11) is -0.645. The summed E-state index contributed by atoms with van der Waals surface area (Å²) in [5.74, 6) is 0.430. The Kier molecular flexibility index (Phi) is 7.36. The van der Waals surface area contributed by atoms with E-state index in [4.69, 9.17) is 9.47 Å². The van der Waals surface area contributed by atoms with Crippen molar-refractivity contribution in [1.82, 2.24) is 9.78 Å². The molecule has 8 nitrogen and oxygen atoms in total. The van der Waals surface area contributed by atoms with Crippen molar-refractivity contribution in [2.75, 3.05) is 25.2 Å². The molecule has 1 fully saturated rings. The lowest BCUT2D eigenvalue weighted by Gasteiger charge is -2.37. The van der Waals surface area contributed by atoms with E-state index in [9.17, 15) is 14.7 Å². The topological polar surface area (TPSA) is 93.9 Å².